The van der Waals surface area contributed by atoms with E-state index < -0.39 is 0 Å². The topological polar surface area (TPSA) is 29.1 Å². The van der Waals surface area contributed by atoms with Gasteiger partial charge in [-0.05, 0) is 42.5 Å². The molecular weight excluding hydrogens is 377 g/mol. The Balaban J connectivity index is 1.97. The summed E-state index contributed by atoms with van der Waals surface area (Å²) in [6.07, 6.45) is 0. The van der Waals surface area contributed by atoms with Gasteiger partial charge in [0.05, 0.1) is 5.56 Å². The van der Waals surface area contributed by atoms with Crippen LogP contribution in [0.1, 0.15) is 10.4 Å². The van der Waals surface area contributed by atoms with Crippen molar-refractivity contribution in [3.05, 3.63) is 62.7 Å². The van der Waals surface area contributed by atoms with Crippen LogP contribution < -0.4 is 5.32 Å². The molecule has 1 heterocycles. The van der Waals surface area contributed by atoms with E-state index in [0.29, 0.717) is 25.7 Å². The van der Waals surface area contributed by atoms with Gasteiger partial charge in [0.15, 0.2) is 0 Å². The van der Waals surface area contributed by atoms with Gasteiger partial charge in [-0.3, -0.25) is 4.79 Å². The first-order valence-corrected chi connectivity index (χ1v) is 7.98. The molecule has 2 aromatic carbocycles. The third-order valence-electron chi connectivity index (χ3n) is 2.94. The highest BCUT2D eigenvalue weighted by Gasteiger charge is 2.18. The highest BCUT2D eigenvalue weighted by Crippen LogP contribution is 2.36. The van der Waals surface area contributed by atoms with Crippen molar-refractivity contribution < 1.29 is 9.18 Å². The zero-order valence-electron chi connectivity index (χ0n) is 10.5. The van der Waals surface area contributed by atoms with E-state index in [0.717, 1.165) is 4.47 Å². The summed E-state index contributed by atoms with van der Waals surface area (Å²) < 4.78 is 15.2. The number of anilines is 1. The minimum Gasteiger partial charge on any atom is -0.322 e. The van der Waals surface area contributed by atoms with Crippen molar-refractivity contribution in [2.75, 3.05) is 5.32 Å². The molecule has 21 heavy (non-hydrogen) atoms. The number of amides is 1. The van der Waals surface area contributed by atoms with E-state index in [1.165, 1.54) is 23.5 Å². The fourth-order valence-corrected chi connectivity index (χ4v) is 3.63. The van der Waals surface area contributed by atoms with Crippen LogP contribution in [-0.2, 0) is 0 Å². The molecule has 0 spiro atoms. The Kier molecular flexibility index (Phi) is 3.97. The highest BCUT2D eigenvalue weighted by molar-refractivity contribution is 9.10. The molecule has 106 valence electrons. The maximum Gasteiger partial charge on any atom is 0.258 e. The second-order valence-electron chi connectivity index (χ2n) is 4.35. The van der Waals surface area contributed by atoms with E-state index in [9.17, 15) is 9.18 Å². The van der Waals surface area contributed by atoms with Gasteiger partial charge in [0.2, 0.25) is 0 Å². The Morgan fingerprint density at radius 3 is 2.62 bits per heavy atom. The minimum atomic E-state index is -0.347. The van der Waals surface area contributed by atoms with Gasteiger partial charge in [-0.25, -0.2) is 4.39 Å². The zero-order valence-corrected chi connectivity index (χ0v) is 13.7. The molecule has 1 aromatic heterocycles. The molecule has 0 aliphatic heterocycles. The molecule has 0 bridgehead atoms. The fraction of sp³-hybridized carbons (Fsp3) is 0. The van der Waals surface area contributed by atoms with Crippen molar-refractivity contribution in [1.82, 2.24) is 0 Å². The fourth-order valence-electron chi connectivity index (χ4n) is 1.98. The van der Waals surface area contributed by atoms with Crippen LogP contribution in [0.15, 0.2) is 46.9 Å². The Morgan fingerprint density at radius 2 is 1.90 bits per heavy atom. The number of halogens is 3. The molecule has 3 aromatic rings. The Bertz CT molecular complexity index is 832. The van der Waals surface area contributed by atoms with E-state index in [1.807, 2.05) is 12.1 Å². The average Bonchev–Trinajstić information content (AvgIpc) is 2.76. The van der Waals surface area contributed by atoms with Crippen molar-refractivity contribution in [3.63, 3.8) is 0 Å². The van der Waals surface area contributed by atoms with E-state index in [1.54, 1.807) is 18.2 Å². The molecule has 1 N–H and O–H groups in total. The van der Waals surface area contributed by atoms with Gasteiger partial charge in [0.1, 0.15) is 10.2 Å². The Hall–Kier alpha value is -1.43. The molecule has 0 saturated carbocycles. The summed E-state index contributed by atoms with van der Waals surface area (Å²) in [5, 5.41) is 3.44. The lowest BCUT2D eigenvalue weighted by Crippen LogP contribution is -2.11. The smallest absolute Gasteiger partial charge is 0.258 e. The van der Waals surface area contributed by atoms with E-state index in [2.05, 4.69) is 21.2 Å². The lowest BCUT2D eigenvalue weighted by molar-refractivity contribution is 0.102. The van der Waals surface area contributed by atoms with Crippen LogP contribution in [0.5, 0.6) is 0 Å². The third-order valence-corrected chi connectivity index (χ3v) is 4.83. The second-order valence-corrected chi connectivity index (χ2v) is 6.92. The maximum atomic E-state index is 13.2. The normalized spacial score (nSPS) is 10.8. The first kappa shape index (κ1) is 14.5. The predicted octanol–water partition coefficient (Wildman–Crippen LogP) is 5.71. The molecular formula is C15H8BrClFNOS. The lowest BCUT2D eigenvalue weighted by Gasteiger charge is -2.05. The van der Waals surface area contributed by atoms with Crippen LogP contribution >= 0.6 is 38.9 Å². The van der Waals surface area contributed by atoms with Crippen LogP contribution in [0.2, 0.25) is 4.34 Å². The molecule has 2 nitrogen and oxygen atoms in total. The first-order valence-electron chi connectivity index (χ1n) is 5.99. The van der Waals surface area contributed by atoms with E-state index in [-0.39, 0.29) is 11.7 Å². The van der Waals surface area contributed by atoms with E-state index in [4.69, 9.17) is 11.6 Å². The van der Waals surface area contributed by atoms with Crippen LogP contribution in [0.25, 0.3) is 10.1 Å². The van der Waals surface area contributed by atoms with Crippen LogP contribution in [-0.4, -0.2) is 5.91 Å². The van der Waals surface area contributed by atoms with Crippen molar-refractivity contribution in [2.45, 2.75) is 0 Å². The number of carbonyl (C=O) groups is 1. The molecule has 6 heteroatoms. The van der Waals surface area contributed by atoms with Gasteiger partial charge in [0, 0.05) is 20.2 Å². The van der Waals surface area contributed by atoms with Gasteiger partial charge in [0.25, 0.3) is 5.91 Å². The molecule has 0 aliphatic carbocycles. The summed E-state index contributed by atoms with van der Waals surface area (Å²) in [5.41, 5.74) is 1.04. The molecule has 0 saturated heterocycles. The van der Waals surface area contributed by atoms with Gasteiger partial charge in [-0.2, -0.15) is 0 Å². The molecule has 0 atom stereocenters. The monoisotopic (exact) mass is 383 g/mol. The summed E-state index contributed by atoms with van der Waals surface area (Å²) in [6.45, 7) is 0. The third kappa shape index (κ3) is 2.95. The highest BCUT2D eigenvalue weighted by atomic mass is 79.9. The quantitative estimate of drug-likeness (QED) is 0.602. The van der Waals surface area contributed by atoms with Gasteiger partial charge >= 0.3 is 0 Å². The number of rotatable bonds is 2. The standard InChI is InChI=1S/C15H8BrClFNOS/c16-8-1-4-10(5-2-8)19-15(20)13-11-6-3-9(18)7-12(11)21-14(13)17/h1-7H,(H,19,20). The number of hydrogen-bond acceptors (Lipinski definition) is 2. The SMILES string of the molecule is O=C(Nc1ccc(Br)cc1)c1c(Cl)sc2cc(F)ccc12. The molecule has 0 fully saturated rings. The molecule has 1 amide bonds. The number of thiophene rings is 1. The predicted molar refractivity (Wildman–Crippen MR) is 88.9 cm³/mol. The minimum absolute atomic E-state index is 0.305. The molecule has 0 aliphatic rings. The summed E-state index contributed by atoms with van der Waals surface area (Å²) in [4.78, 5) is 12.4. The summed E-state index contributed by atoms with van der Waals surface area (Å²) in [7, 11) is 0. The second kappa shape index (κ2) is 5.75. The van der Waals surface area contributed by atoms with Crippen molar-refractivity contribution in [2.24, 2.45) is 0 Å². The summed E-state index contributed by atoms with van der Waals surface area (Å²) in [5.74, 6) is -0.652. The van der Waals surface area contributed by atoms with Crippen molar-refractivity contribution in [1.29, 1.82) is 0 Å². The van der Waals surface area contributed by atoms with Crippen molar-refractivity contribution >= 4 is 60.5 Å². The Labute approximate surface area is 137 Å². The Morgan fingerprint density at radius 1 is 1.19 bits per heavy atom. The number of nitrogens with one attached hydrogen (secondary N) is 1. The lowest BCUT2D eigenvalue weighted by atomic mass is 10.1. The zero-order chi connectivity index (χ0) is 15.0. The summed E-state index contributed by atoms with van der Waals surface area (Å²) >= 11 is 10.7. The number of benzene rings is 2. The van der Waals surface area contributed by atoms with Crippen LogP contribution in [0.3, 0.4) is 0 Å². The first-order chi connectivity index (χ1) is 10.0. The van der Waals surface area contributed by atoms with Crippen LogP contribution in [0.4, 0.5) is 10.1 Å². The molecule has 0 radical (unpaired) electrons. The van der Waals surface area contributed by atoms with Gasteiger partial charge in [-0.1, -0.05) is 27.5 Å². The van der Waals surface area contributed by atoms with Gasteiger partial charge < -0.3 is 5.32 Å². The maximum absolute atomic E-state index is 13.2. The number of hydrogen-bond donors (Lipinski definition) is 1. The average molecular weight is 385 g/mol. The van der Waals surface area contributed by atoms with Gasteiger partial charge in [-0.15, -0.1) is 11.3 Å². The largest absolute Gasteiger partial charge is 0.322 e. The van der Waals surface area contributed by atoms with Crippen molar-refractivity contribution in [3.8, 4) is 0 Å². The number of carbonyl (C=O) groups excluding carboxylic acids is 1. The van der Waals surface area contributed by atoms with E-state index >= 15 is 0 Å². The van der Waals surface area contributed by atoms with Crippen LogP contribution in [0, 0.1) is 5.82 Å². The molecule has 0 unspecified atom stereocenters. The number of fused-ring (bicyclic) bond motifs is 1. The summed E-state index contributed by atoms with van der Waals surface area (Å²) in [6, 6.07) is 11.5. The molecule has 3 rings (SSSR count).